The predicted molar refractivity (Wildman–Crippen MR) is 128 cm³/mol. The van der Waals surface area contributed by atoms with E-state index in [-0.39, 0.29) is 17.4 Å². The van der Waals surface area contributed by atoms with Gasteiger partial charge in [0, 0.05) is 37.3 Å². The van der Waals surface area contributed by atoms with Crippen LogP contribution in [0.4, 0.5) is 4.39 Å². The molecule has 1 fully saturated rings. The molecule has 1 aliphatic rings. The van der Waals surface area contributed by atoms with E-state index < -0.39 is 11.7 Å². The van der Waals surface area contributed by atoms with Crippen LogP contribution >= 0.6 is 0 Å². The van der Waals surface area contributed by atoms with Gasteiger partial charge in [0.15, 0.2) is 0 Å². The minimum Gasteiger partial charge on any atom is -0.383 e. The molecule has 0 saturated carbocycles. The molecule has 2 heterocycles. The number of primary amides is 1. The molecule has 1 aliphatic heterocycles. The number of amides is 2. The second kappa shape index (κ2) is 9.93. The molecule has 1 aromatic heterocycles. The fourth-order valence-electron chi connectivity index (χ4n) is 4.86. The molecule has 2 aromatic carbocycles. The van der Waals surface area contributed by atoms with Gasteiger partial charge in [0.2, 0.25) is 5.91 Å². The first kappa shape index (κ1) is 23.9. The summed E-state index contributed by atoms with van der Waals surface area (Å²) in [5.74, 6) is -0.904. The lowest BCUT2D eigenvalue weighted by molar-refractivity contribution is 0.0686. The van der Waals surface area contributed by atoms with E-state index >= 15 is 0 Å². The van der Waals surface area contributed by atoms with Gasteiger partial charge in [-0.05, 0) is 73.9 Å². The normalized spacial score (nSPS) is 14.6. The van der Waals surface area contributed by atoms with Crippen molar-refractivity contribution in [1.29, 1.82) is 0 Å². The fourth-order valence-corrected chi connectivity index (χ4v) is 4.86. The molecule has 7 nitrogen and oxygen atoms in total. The van der Waals surface area contributed by atoms with Crippen LogP contribution in [0.15, 0.2) is 30.5 Å². The number of carbonyl (C=O) groups is 2. The molecule has 8 heteroatoms. The Balaban J connectivity index is 1.50. The minimum atomic E-state index is -0.480. The summed E-state index contributed by atoms with van der Waals surface area (Å²) in [6.45, 7) is 5.98. The average Bonchev–Trinajstić information content (AvgIpc) is 3.21. The van der Waals surface area contributed by atoms with Crippen LogP contribution < -0.4 is 5.73 Å². The zero-order valence-electron chi connectivity index (χ0n) is 19.9. The lowest BCUT2D eigenvalue weighted by atomic mass is 9.86. The number of aromatic nitrogens is 2. The molecule has 0 bridgehead atoms. The van der Waals surface area contributed by atoms with Gasteiger partial charge in [-0.15, -0.1) is 0 Å². The molecule has 0 aliphatic carbocycles. The summed E-state index contributed by atoms with van der Waals surface area (Å²) in [6.07, 6.45) is 4.16. The molecule has 0 radical (unpaired) electrons. The summed E-state index contributed by atoms with van der Waals surface area (Å²) in [7, 11) is 1.65. The molecule has 2 N–H and O–H groups in total. The third-order valence-corrected chi connectivity index (χ3v) is 6.74. The van der Waals surface area contributed by atoms with E-state index in [1.807, 2.05) is 23.9 Å². The van der Waals surface area contributed by atoms with Crippen molar-refractivity contribution in [2.24, 2.45) is 11.7 Å². The molecule has 34 heavy (non-hydrogen) atoms. The number of methoxy groups -OCH3 is 1. The standard InChI is InChI=1S/C26H31FN4O3/c1-16-4-5-20(22(27)12-16)26(33)30-8-6-18(7-9-30)13-19-14-23-21(17(2)24(19)25(28)32)15-31(29-23)10-11-34-3/h4-5,12,14-15,18H,6-11,13H2,1-3H3,(H2,28,32). The highest BCUT2D eigenvalue weighted by atomic mass is 19.1. The van der Waals surface area contributed by atoms with E-state index in [0.717, 1.165) is 40.4 Å². The maximum absolute atomic E-state index is 14.3. The van der Waals surface area contributed by atoms with Gasteiger partial charge in [-0.1, -0.05) is 6.07 Å². The maximum Gasteiger partial charge on any atom is 0.256 e. The minimum absolute atomic E-state index is 0.116. The number of aryl methyl sites for hydroxylation is 2. The summed E-state index contributed by atoms with van der Waals surface area (Å²) in [5.41, 5.74) is 9.79. The molecule has 180 valence electrons. The van der Waals surface area contributed by atoms with Gasteiger partial charge in [0.05, 0.1) is 24.2 Å². The van der Waals surface area contributed by atoms with E-state index in [2.05, 4.69) is 5.10 Å². The van der Waals surface area contributed by atoms with Gasteiger partial charge < -0.3 is 15.4 Å². The van der Waals surface area contributed by atoms with Crippen molar-refractivity contribution in [3.05, 3.63) is 64.1 Å². The second-order valence-corrected chi connectivity index (χ2v) is 9.14. The number of halogens is 1. The van der Waals surface area contributed by atoms with Gasteiger partial charge in [-0.2, -0.15) is 5.10 Å². The Morgan fingerprint density at radius 2 is 1.94 bits per heavy atom. The van der Waals surface area contributed by atoms with E-state index in [1.165, 1.54) is 6.07 Å². The molecule has 0 spiro atoms. The fraction of sp³-hybridized carbons (Fsp3) is 0.423. The van der Waals surface area contributed by atoms with Crippen molar-refractivity contribution in [3.63, 3.8) is 0 Å². The van der Waals surface area contributed by atoms with E-state index in [4.69, 9.17) is 10.5 Å². The van der Waals surface area contributed by atoms with Gasteiger partial charge in [-0.3, -0.25) is 14.3 Å². The van der Waals surface area contributed by atoms with E-state index in [0.29, 0.717) is 38.2 Å². The first-order valence-electron chi connectivity index (χ1n) is 11.6. The van der Waals surface area contributed by atoms with Crippen LogP contribution in [0.3, 0.4) is 0 Å². The first-order chi connectivity index (χ1) is 16.3. The molecule has 4 rings (SSSR count). The van der Waals surface area contributed by atoms with Crippen molar-refractivity contribution in [2.75, 3.05) is 26.8 Å². The Hall–Kier alpha value is -3.26. The predicted octanol–water partition coefficient (Wildman–Crippen LogP) is 3.63. The van der Waals surface area contributed by atoms with Gasteiger partial charge in [0.25, 0.3) is 5.91 Å². The van der Waals surface area contributed by atoms with Gasteiger partial charge in [0.1, 0.15) is 5.82 Å². The highest BCUT2D eigenvalue weighted by Gasteiger charge is 2.27. The Morgan fingerprint density at radius 3 is 2.59 bits per heavy atom. The summed E-state index contributed by atoms with van der Waals surface area (Å²) >= 11 is 0. The summed E-state index contributed by atoms with van der Waals surface area (Å²) < 4.78 is 21.2. The molecular weight excluding hydrogens is 435 g/mol. The smallest absolute Gasteiger partial charge is 0.256 e. The summed E-state index contributed by atoms with van der Waals surface area (Å²) in [6, 6.07) is 6.66. The SMILES string of the molecule is COCCn1cc2c(C)c(C(N)=O)c(CC3CCN(C(=O)c4ccc(C)cc4F)CC3)cc2n1. The lowest BCUT2D eigenvalue weighted by Gasteiger charge is -2.32. The zero-order valence-corrected chi connectivity index (χ0v) is 19.9. The van der Waals surface area contributed by atoms with Crippen molar-refractivity contribution >= 4 is 22.7 Å². The average molecular weight is 467 g/mol. The van der Waals surface area contributed by atoms with Crippen LogP contribution in [0.1, 0.15) is 50.2 Å². The number of fused-ring (bicyclic) bond motifs is 1. The van der Waals surface area contributed by atoms with Crippen LogP contribution in [0.25, 0.3) is 10.9 Å². The number of hydrogen-bond donors (Lipinski definition) is 1. The Kier molecular flexibility index (Phi) is 6.97. The summed E-state index contributed by atoms with van der Waals surface area (Å²) in [4.78, 5) is 26.9. The number of nitrogens with zero attached hydrogens (tertiary/aromatic N) is 3. The number of piperidine rings is 1. The van der Waals surface area contributed by atoms with Crippen LogP contribution in [0.2, 0.25) is 0 Å². The Bertz CT molecular complexity index is 1230. The highest BCUT2D eigenvalue weighted by Crippen LogP contribution is 2.30. The molecule has 0 atom stereocenters. The van der Waals surface area contributed by atoms with Crippen LogP contribution in [0.5, 0.6) is 0 Å². The van der Waals surface area contributed by atoms with Crippen molar-refractivity contribution in [3.8, 4) is 0 Å². The zero-order chi connectivity index (χ0) is 24.4. The van der Waals surface area contributed by atoms with Crippen molar-refractivity contribution < 1.29 is 18.7 Å². The molecular formula is C26H31FN4O3. The number of nitrogens with two attached hydrogens (primary N) is 1. The topological polar surface area (TPSA) is 90.5 Å². The molecule has 1 saturated heterocycles. The van der Waals surface area contributed by atoms with Gasteiger partial charge in [-0.25, -0.2) is 4.39 Å². The van der Waals surface area contributed by atoms with Gasteiger partial charge >= 0.3 is 0 Å². The second-order valence-electron chi connectivity index (χ2n) is 9.14. The third-order valence-electron chi connectivity index (χ3n) is 6.74. The highest BCUT2D eigenvalue weighted by molar-refractivity contribution is 6.01. The Morgan fingerprint density at radius 1 is 1.21 bits per heavy atom. The van der Waals surface area contributed by atoms with E-state index in [9.17, 15) is 14.0 Å². The quantitative estimate of drug-likeness (QED) is 0.576. The van der Waals surface area contributed by atoms with Crippen LogP contribution in [-0.2, 0) is 17.7 Å². The number of ether oxygens (including phenoxy) is 1. The molecule has 2 amide bonds. The molecule has 0 unspecified atom stereocenters. The number of likely N-dealkylation sites (tertiary alicyclic amines) is 1. The number of carbonyl (C=O) groups excluding carboxylic acids is 2. The lowest BCUT2D eigenvalue weighted by Crippen LogP contribution is -2.39. The molecule has 3 aromatic rings. The van der Waals surface area contributed by atoms with Crippen LogP contribution in [0, 0.1) is 25.6 Å². The van der Waals surface area contributed by atoms with Crippen molar-refractivity contribution in [1.82, 2.24) is 14.7 Å². The number of hydrogen-bond acceptors (Lipinski definition) is 4. The Labute approximate surface area is 198 Å². The van der Waals surface area contributed by atoms with Crippen molar-refractivity contribution in [2.45, 2.75) is 39.7 Å². The van der Waals surface area contributed by atoms with Crippen LogP contribution in [-0.4, -0.2) is 53.3 Å². The number of rotatable bonds is 7. The third kappa shape index (κ3) is 4.82. The monoisotopic (exact) mass is 466 g/mol. The number of benzene rings is 2. The maximum atomic E-state index is 14.3. The summed E-state index contributed by atoms with van der Waals surface area (Å²) in [5, 5.41) is 5.56. The van der Waals surface area contributed by atoms with E-state index in [1.54, 1.807) is 31.1 Å². The largest absolute Gasteiger partial charge is 0.383 e. The first-order valence-corrected chi connectivity index (χ1v) is 11.6.